The molecule has 1 atom stereocenters. The van der Waals surface area contributed by atoms with E-state index >= 15 is 0 Å². The normalized spacial score (nSPS) is 13.0. The fraction of sp³-hybridized carbons (Fsp3) is 0.846. The summed E-state index contributed by atoms with van der Waals surface area (Å²) in [6.45, 7) is 10.4. The fourth-order valence-corrected chi connectivity index (χ4v) is 1.28. The zero-order valence-electron chi connectivity index (χ0n) is 12.2. The van der Waals surface area contributed by atoms with Crippen LogP contribution in [0.3, 0.4) is 0 Å². The minimum Gasteiger partial charge on any atom is -0.357 e. The van der Waals surface area contributed by atoms with E-state index in [1.807, 2.05) is 13.8 Å². The van der Waals surface area contributed by atoms with Crippen LogP contribution in [0, 0.1) is 0 Å². The quantitative estimate of drug-likeness (QED) is 0.452. The van der Waals surface area contributed by atoms with Gasteiger partial charge < -0.3 is 16.0 Å². The predicted octanol–water partition coefficient (Wildman–Crippen LogP) is 1.26. The molecule has 1 amide bonds. The van der Waals surface area contributed by atoms with Gasteiger partial charge >= 0.3 is 0 Å². The van der Waals surface area contributed by atoms with Crippen molar-refractivity contribution in [3.05, 3.63) is 0 Å². The topological polar surface area (TPSA) is 65.5 Å². The molecule has 0 fully saturated rings. The van der Waals surface area contributed by atoms with Crippen LogP contribution in [0.2, 0.25) is 0 Å². The molecule has 106 valence electrons. The number of nitrogens with one attached hydrogen (secondary N) is 3. The Morgan fingerprint density at radius 2 is 1.94 bits per heavy atom. The van der Waals surface area contributed by atoms with Crippen LogP contribution >= 0.6 is 0 Å². The van der Waals surface area contributed by atoms with Crippen LogP contribution in [-0.4, -0.2) is 37.5 Å². The molecule has 0 heterocycles. The highest BCUT2D eigenvalue weighted by Crippen LogP contribution is 1.89. The molecule has 5 heteroatoms. The SMILES string of the molecule is CCCNC(=O)CCN=C(NCC)NC(C)CC. The maximum absolute atomic E-state index is 11.4. The molecule has 18 heavy (non-hydrogen) atoms. The Hall–Kier alpha value is -1.26. The number of rotatable bonds is 8. The molecule has 3 N–H and O–H groups in total. The number of hydrogen-bond donors (Lipinski definition) is 3. The molecule has 0 aliphatic carbocycles. The standard InChI is InChI=1S/C13H28N4O/c1-5-9-15-12(18)8-10-16-13(14-7-3)17-11(4)6-2/h11H,5-10H2,1-4H3,(H,15,18)(H2,14,16,17). The van der Waals surface area contributed by atoms with Crippen LogP contribution < -0.4 is 16.0 Å². The third kappa shape index (κ3) is 8.84. The summed E-state index contributed by atoms with van der Waals surface area (Å²) in [6, 6.07) is 0.386. The van der Waals surface area contributed by atoms with E-state index in [0.29, 0.717) is 19.0 Å². The number of carbonyl (C=O) groups excluding carboxylic acids is 1. The molecule has 0 aromatic carbocycles. The minimum atomic E-state index is 0.0694. The van der Waals surface area contributed by atoms with E-state index in [9.17, 15) is 4.79 Å². The number of hydrogen-bond acceptors (Lipinski definition) is 2. The van der Waals surface area contributed by atoms with Gasteiger partial charge in [0.25, 0.3) is 0 Å². The Labute approximate surface area is 111 Å². The summed E-state index contributed by atoms with van der Waals surface area (Å²) in [6.07, 6.45) is 2.45. The summed E-state index contributed by atoms with van der Waals surface area (Å²) >= 11 is 0. The average Bonchev–Trinajstić information content (AvgIpc) is 2.36. The van der Waals surface area contributed by atoms with Crippen LogP contribution in [0.25, 0.3) is 0 Å². The molecule has 0 aliphatic rings. The van der Waals surface area contributed by atoms with E-state index in [-0.39, 0.29) is 5.91 Å². The molecule has 0 radical (unpaired) electrons. The molecular weight excluding hydrogens is 228 g/mol. The lowest BCUT2D eigenvalue weighted by molar-refractivity contribution is -0.120. The lowest BCUT2D eigenvalue weighted by Crippen LogP contribution is -2.42. The summed E-state index contributed by atoms with van der Waals surface area (Å²) < 4.78 is 0. The van der Waals surface area contributed by atoms with Gasteiger partial charge in [-0.2, -0.15) is 0 Å². The fourth-order valence-electron chi connectivity index (χ4n) is 1.28. The van der Waals surface area contributed by atoms with Gasteiger partial charge in [0.1, 0.15) is 0 Å². The van der Waals surface area contributed by atoms with E-state index in [1.165, 1.54) is 0 Å². The average molecular weight is 256 g/mol. The van der Waals surface area contributed by atoms with Crippen LogP contribution in [0.5, 0.6) is 0 Å². The summed E-state index contributed by atoms with van der Waals surface area (Å²) in [5.41, 5.74) is 0. The lowest BCUT2D eigenvalue weighted by atomic mass is 10.3. The lowest BCUT2D eigenvalue weighted by Gasteiger charge is -2.16. The Kier molecular flexibility index (Phi) is 10.1. The van der Waals surface area contributed by atoms with Gasteiger partial charge in [0, 0.05) is 25.6 Å². The highest BCUT2D eigenvalue weighted by atomic mass is 16.1. The maximum Gasteiger partial charge on any atom is 0.221 e. The van der Waals surface area contributed by atoms with Gasteiger partial charge in [-0.25, -0.2) is 0 Å². The van der Waals surface area contributed by atoms with Crippen molar-refractivity contribution in [2.24, 2.45) is 4.99 Å². The van der Waals surface area contributed by atoms with Crippen molar-refractivity contribution in [1.29, 1.82) is 0 Å². The molecule has 0 saturated heterocycles. The van der Waals surface area contributed by atoms with Crippen molar-refractivity contribution in [3.63, 3.8) is 0 Å². The molecule has 5 nitrogen and oxygen atoms in total. The summed E-state index contributed by atoms with van der Waals surface area (Å²) in [7, 11) is 0. The van der Waals surface area contributed by atoms with Crippen LogP contribution in [0.15, 0.2) is 4.99 Å². The van der Waals surface area contributed by atoms with Crippen molar-refractivity contribution in [1.82, 2.24) is 16.0 Å². The Bertz CT molecular complexity index is 253. The molecule has 0 rings (SSSR count). The monoisotopic (exact) mass is 256 g/mol. The van der Waals surface area contributed by atoms with E-state index in [0.717, 1.165) is 31.9 Å². The smallest absolute Gasteiger partial charge is 0.221 e. The third-order valence-electron chi connectivity index (χ3n) is 2.52. The second kappa shape index (κ2) is 10.9. The van der Waals surface area contributed by atoms with Crippen molar-refractivity contribution in [2.45, 2.75) is 53.0 Å². The molecule has 0 saturated carbocycles. The Morgan fingerprint density at radius 3 is 2.50 bits per heavy atom. The second-order valence-electron chi connectivity index (χ2n) is 4.31. The first-order valence-corrected chi connectivity index (χ1v) is 6.95. The van der Waals surface area contributed by atoms with Crippen LogP contribution in [0.1, 0.15) is 47.0 Å². The first-order chi connectivity index (χ1) is 8.63. The first kappa shape index (κ1) is 16.7. The van der Waals surface area contributed by atoms with E-state index in [2.05, 4.69) is 34.8 Å². The predicted molar refractivity (Wildman–Crippen MR) is 76.8 cm³/mol. The number of guanidine groups is 1. The van der Waals surface area contributed by atoms with Crippen LogP contribution in [0.4, 0.5) is 0 Å². The minimum absolute atomic E-state index is 0.0694. The largest absolute Gasteiger partial charge is 0.357 e. The maximum atomic E-state index is 11.4. The summed E-state index contributed by atoms with van der Waals surface area (Å²) in [5.74, 6) is 0.857. The zero-order chi connectivity index (χ0) is 13.8. The Morgan fingerprint density at radius 1 is 1.22 bits per heavy atom. The highest BCUT2D eigenvalue weighted by molar-refractivity contribution is 5.81. The van der Waals surface area contributed by atoms with Gasteiger partial charge in [-0.15, -0.1) is 0 Å². The summed E-state index contributed by atoms with van der Waals surface area (Å²) in [5, 5.41) is 9.30. The third-order valence-corrected chi connectivity index (χ3v) is 2.52. The molecule has 0 aromatic heterocycles. The van der Waals surface area contributed by atoms with Gasteiger partial charge in [0.05, 0.1) is 6.54 Å². The number of aliphatic imine (C=N–C) groups is 1. The molecular formula is C13H28N4O. The van der Waals surface area contributed by atoms with Gasteiger partial charge in [-0.05, 0) is 26.7 Å². The zero-order valence-corrected chi connectivity index (χ0v) is 12.2. The van der Waals surface area contributed by atoms with Gasteiger partial charge in [0.15, 0.2) is 5.96 Å². The van der Waals surface area contributed by atoms with Crippen LogP contribution in [-0.2, 0) is 4.79 Å². The van der Waals surface area contributed by atoms with E-state index in [4.69, 9.17) is 0 Å². The number of carbonyl (C=O) groups is 1. The molecule has 0 aromatic rings. The van der Waals surface area contributed by atoms with E-state index in [1.54, 1.807) is 0 Å². The summed E-state index contributed by atoms with van der Waals surface area (Å²) in [4.78, 5) is 15.8. The van der Waals surface area contributed by atoms with Crippen molar-refractivity contribution < 1.29 is 4.79 Å². The first-order valence-electron chi connectivity index (χ1n) is 6.95. The van der Waals surface area contributed by atoms with Gasteiger partial charge in [-0.3, -0.25) is 9.79 Å². The Balaban J connectivity index is 4.03. The van der Waals surface area contributed by atoms with Crippen molar-refractivity contribution in [3.8, 4) is 0 Å². The van der Waals surface area contributed by atoms with Crippen molar-refractivity contribution >= 4 is 11.9 Å². The van der Waals surface area contributed by atoms with Gasteiger partial charge in [-0.1, -0.05) is 13.8 Å². The van der Waals surface area contributed by atoms with E-state index < -0.39 is 0 Å². The number of nitrogens with zero attached hydrogens (tertiary/aromatic N) is 1. The second-order valence-corrected chi connectivity index (χ2v) is 4.31. The number of amides is 1. The van der Waals surface area contributed by atoms with Crippen molar-refractivity contribution in [2.75, 3.05) is 19.6 Å². The molecule has 0 spiro atoms. The highest BCUT2D eigenvalue weighted by Gasteiger charge is 2.03. The molecule has 0 bridgehead atoms. The van der Waals surface area contributed by atoms with Gasteiger partial charge in [0.2, 0.25) is 5.91 Å². The molecule has 0 aliphatic heterocycles. The molecule has 1 unspecified atom stereocenters.